The molecule has 0 saturated carbocycles. The highest BCUT2D eigenvalue weighted by Crippen LogP contribution is 2.25. The maximum Gasteiger partial charge on any atom is 0.245 e. The predicted molar refractivity (Wildman–Crippen MR) is 76.4 cm³/mol. The zero-order valence-electron chi connectivity index (χ0n) is 11.7. The van der Waals surface area contributed by atoms with E-state index in [1.54, 1.807) is 4.90 Å². The quantitative estimate of drug-likeness (QED) is 0.775. The second-order valence-electron chi connectivity index (χ2n) is 5.36. The van der Waals surface area contributed by atoms with Crippen molar-refractivity contribution in [2.75, 3.05) is 26.3 Å². The van der Waals surface area contributed by atoms with Crippen molar-refractivity contribution in [2.24, 2.45) is 5.73 Å². The van der Waals surface area contributed by atoms with E-state index in [4.69, 9.17) is 10.5 Å². The lowest BCUT2D eigenvalue weighted by atomic mass is 9.93. The van der Waals surface area contributed by atoms with E-state index in [1.165, 1.54) is 5.56 Å². The largest absolute Gasteiger partial charge is 0.377 e. The van der Waals surface area contributed by atoms with Crippen LogP contribution in [0, 0.1) is 0 Å². The number of hydrogen-bond acceptors (Lipinski definition) is 4. The van der Waals surface area contributed by atoms with Crippen LogP contribution >= 0.6 is 0 Å². The first-order valence-electron chi connectivity index (χ1n) is 7.17. The van der Waals surface area contributed by atoms with E-state index in [0.29, 0.717) is 13.2 Å². The van der Waals surface area contributed by atoms with Gasteiger partial charge in [-0.2, -0.15) is 0 Å². The van der Waals surface area contributed by atoms with Crippen LogP contribution in [0.5, 0.6) is 0 Å². The third-order valence-electron chi connectivity index (χ3n) is 4.10. The number of nitrogens with one attached hydrogen (secondary N) is 1. The average molecular weight is 289 g/mol. The molecule has 2 unspecified atom stereocenters. The number of benzene rings is 1. The minimum absolute atomic E-state index is 0.103. The number of hydrogen-bond donors (Lipinski definition) is 2. The van der Waals surface area contributed by atoms with Crippen molar-refractivity contribution in [2.45, 2.75) is 18.5 Å². The maximum absolute atomic E-state index is 12.8. The Morgan fingerprint density at radius 2 is 2.14 bits per heavy atom. The van der Waals surface area contributed by atoms with Gasteiger partial charge in [0.15, 0.2) is 0 Å². The van der Waals surface area contributed by atoms with E-state index >= 15 is 0 Å². The summed E-state index contributed by atoms with van der Waals surface area (Å²) in [5.41, 5.74) is 7.55. The molecule has 3 N–H and O–H groups in total. The van der Waals surface area contributed by atoms with Crippen molar-refractivity contribution in [3.63, 3.8) is 0 Å². The topological polar surface area (TPSA) is 84.7 Å². The van der Waals surface area contributed by atoms with Crippen LogP contribution in [-0.4, -0.2) is 49.1 Å². The molecule has 2 aliphatic heterocycles. The molecule has 2 aliphatic rings. The third kappa shape index (κ3) is 2.64. The van der Waals surface area contributed by atoms with Gasteiger partial charge in [-0.1, -0.05) is 24.3 Å². The molecule has 1 fully saturated rings. The van der Waals surface area contributed by atoms with Gasteiger partial charge in [-0.05, 0) is 17.5 Å². The number of amides is 2. The molecule has 1 aromatic rings. The van der Waals surface area contributed by atoms with Gasteiger partial charge in [0.05, 0.1) is 13.2 Å². The molecule has 2 amide bonds. The molecule has 2 atom stereocenters. The van der Waals surface area contributed by atoms with Gasteiger partial charge in [-0.3, -0.25) is 9.59 Å². The monoisotopic (exact) mass is 289 g/mol. The van der Waals surface area contributed by atoms with Gasteiger partial charge >= 0.3 is 0 Å². The molecule has 112 valence electrons. The second-order valence-corrected chi connectivity index (χ2v) is 5.36. The normalized spacial score (nSPS) is 25.2. The highest BCUT2D eigenvalue weighted by molar-refractivity contribution is 5.90. The number of morpholine rings is 1. The highest BCUT2D eigenvalue weighted by atomic mass is 16.5. The lowest BCUT2D eigenvalue weighted by Crippen LogP contribution is -2.57. The molecule has 0 aromatic heterocycles. The van der Waals surface area contributed by atoms with Crippen LogP contribution in [-0.2, 0) is 20.7 Å². The Hall–Kier alpha value is -1.92. The number of fused-ring (bicyclic) bond motifs is 1. The van der Waals surface area contributed by atoms with Gasteiger partial charge in [-0.15, -0.1) is 0 Å². The standard InChI is InChI=1S/C15H19N3O3/c16-14(19)12-9-21-8-7-18(12)15(20)13-11-4-2-1-3-10(11)5-6-17-13/h1-4,12-13,17H,5-9H2,(H2,16,19). The van der Waals surface area contributed by atoms with Crippen molar-refractivity contribution >= 4 is 11.8 Å². The molecule has 0 radical (unpaired) electrons. The zero-order chi connectivity index (χ0) is 14.8. The summed E-state index contributed by atoms with van der Waals surface area (Å²) in [6.45, 7) is 1.76. The summed E-state index contributed by atoms with van der Waals surface area (Å²) in [5, 5.41) is 3.25. The van der Waals surface area contributed by atoms with Crippen LogP contribution in [0.1, 0.15) is 17.2 Å². The van der Waals surface area contributed by atoms with Crippen molar-refractivity contribution in [1.29, 1.82) is 0 Å². The van der Waals surface area contributed by atoms with Gasteiger partial charge in [0.2, 0.25) is 11.8 Å². The number of carbonyl (C=O) groups excluding carboxylic acids is 2. The molecule has 0 spiro atoms. The van der Waals surface area contributed by atoms with E-state index in [1.807, 2.05) is 24.3 Å². The van der Waals surface area contributed by atoms with E-state index in [0.717, 1.165) is 18.5 Å². The summed E-state index contributed by atoms with van der Waals surface area (Å²) in [4.78, 5) is 25.9. The molecule has 21 heavy (non-hydrogen) atoms. The summed E-state index contributed by atoms with van der Waals surface area (Å²) in [6.07, 6.45) is 0.905. The Labute approximate surface area is 123 Å². The van der Waals surface area contributed by atoms with Crippen LogP contribution < -0.4 is 11.1 Å². The Kier molecular flexibility index (Phi) is 3.90. The molecule has 1 saturated heterocycles. The van der Waals surface area contributed by atoms with Crippen LogP contribution in [0.25, 0.3) is 0 Å². The summed E-state index contributed by atoms with van der Waals surface area (Å²) in [5.74, 6) is -0.624. The fraction of sp³-hybridized carbons (Fsp3) is 0.467. The summed E-state index contributed by atoms with van der Waals surface area (Å²) in [7, 11) is 0. The molecule has 2 heterocycles. The summed E-state index contributed by atoms with van der Waals surface area (Å²) >= 11 is 0. The molecular weight excluding hydrogens is 270 g/mol. The van der Waals surface area contributed by atoms with Crippen LogP contribution in [0.2, 0.25) is 0 Å². The number of primary amides is 1. The van der Waals surface area contributed by atoms with E-state index in [9.17, 15) is 9.59 Å². The number of carbonyl (C=O) groups is 2. The van der Waals surface area contributed by atoms with Crippen molar-refractivity contribution in [3.8, 4) is 0 Å². The minimum atomic E-state index is -0.679. The number of ether oxygens (including phenoxy) is 1. The number of nitrogens with zero attached hydrogens (tertiary/aromatic N) is 1. The Bertz CT molecular complexity index is 561. The summed E-state index contributed by atoms with van der Waals surface area (Å²) in [6, 6.07) is 6.83. The van der Waals surface area contributed by atoms with Crippen LogP contribution in [0.4, 0.5) is 0 Å². The fourth-order valence-corrected chi connectivity index (χ4v) is 2.99. The van der Waals surface area contributed by atoms with Gasteiger partial charge in [0.25, 0.3) is 0 Å². The van der Waals surface area contributed by atoms with Crippen LogP contribution in [0.3, 0.4) is 0 Å². The first-order chi connectivity index (χ1) is 10.2. The number of rotatable bonds is 2. The first kappa shape index (κ1) is 14.0. The van der Waals surface area contributed by atoms with Gasteiger partial charge < -0.3 is 20.7 Å². The first-order valence-corrected chi connectivity index (χ1v) is 7.17. The lowest BCUT2D eigenvalue weighted by molar-refractivity contribution is -0.149. The fourth-order valence-electron chi connectivity index (χ4n) is 2.99. The average Bonchev–Trinajstić information content (AvgIpc) is 2.53. The maximum atomic E-state index is 12.8. The Balaban J connectivity index is 1.86. The molecule has 0 aliphatic carbocycles. The zero-order valence-corrected chi connectivity index (χ0v) is 11.7. The third-order valence-corrected chi connectivity index (χ3v) is 4.10. The van der Waals surface area contributed by atoms with E-state index in [2.05, 4.69) is 5.32 Å². The van der Waals surface area contributed by atoms with Gasteiger partial charge in [-0.25, -0.2) is 0 Å². The molecule has 1 aromatic carbocycles. The molecule has 0 bridgehead atoms. The molecule has 6 heteroatoms. The molecule has 6 nitrogen and oxygen atoms in total. The predicted octanol–water partition coefficient (Wildman–Crippen LogP) is -0.414. The van der Waals surface area contributed by atoms with E-state index in [-0.39, 0.29) is 12.5 Å². The smallest absolute Gasteiger partial charge is 0.245 e. The van der Waals surface area contributed by atoms with Gasteiger partial charge in [0, 0.05) is 13.1 Å². The van der Waals surface area contributed by atoms with Crippen molar-refractivity contribution < 1.29 is 14.3 Å². The lowest BCUT2D eigenvalue weighted by Gasteiger charge is -2.37. The SMILES string of the molecule is NC(=O)C1COCCN1C(=O)C1NCCc2ccccc21. The highest BCUT2D eigenvalue weighted by Gasteiger charge is 2.36. The van der Waals surface area contributed by atoms with Crippen molar-refractivity contribution in [3.05, 3.63) is 35.4 Å². The van der Waals surface area contributed by atoms with Gasteiger partial charge in [0.1, 0.15) is 12.1 Å². The Morgan fingerprint density at radius 3 is 2.95 bits per heavy atom. The minimum Gasteiger partial charge on any atom is -0.377 e. The Morgan fingerprint density at radius 1 is 1.33 bits per heavy atom. The second kappa shape index (κ2) is 5.83. The molecule has 3 rings (SSSR count). The van der Waals surface area contributed by atoms with Crippen molar-refractivity contribution in [1.82, 2.24) is 10.2 Å². The summed E-state index contributed by atoms with van der Waals surface area (Å²) < 4.78 is 5.27. The molecular formula is C15H19N3O3. The van der Waals surface area contributed by atoms with Crippen LogP contribution in [0.15, 0.2) is 24.3 Å². The van der Waals surface area contributed by atoms with E-state index < -0.39 is 18.0 Å². The number of nitrogens with two attached hydrogens (primary N) is 1.